The third kappa shape index (κ3) is 9.45. The Hall–Kier alpha value is -3.27. The van der Waals surface area contributed by atoms with Crippen LogP contribution in [0.3, 0.4) is 0 Å². The smallest absolute Gasteiger partial charge is 0.356 e. The van der Waals surface area contributed by atoms with E-state index in [2.05, 4.69) is 17.2 Å². The third-order valence-electron chi connectivity index (χ3n) is 6.93. The zero-order valence-corrected chi connectivity index (χ0v) is 23.6. The average molecular weight is 558 g/mol. The van der Waals surface area contributed by atoms with Crippen LogP contribution in [0.1, 0.15) is 91.6 Å². The van der Waals surface area contributed by atoms with E-state index in [4.69, 9.17) is 4.74 Å². The van der Waals surface area contributed by atoms with E-state index in [9.17, 15) is 22.8 Å². The molecule has 1 fully saturated rings. The summed E-state index contributed by atoms with van der Waals surface area (Å²) in [5.41, 5.74) is 0.912. The lowest BCUT2D eigenvalue weighted by Crippen LogP contribution is -2.33. The van der Waals surface area contributed by atoms with Crippen LogP contribution in [0, 0.1) is 11.8 Å². The molecule has 2 amide bonds. The minimum Gasteiger partial charge on any atom is -0.461 e. The summed E-state index contributed by atoms with van der Waals surface area (Å²) in [5.74, 6) is -1.02. The number of nitrogens with one attached hydrogen (secondary N) is 2. The van der Waals surface area contributed by atoms with Gasteiger partial charge in [-0.15, -0.1) is 0 Å². The van der Waals surface area contributed by atoms with Crippen LogP contribution >= 0.6 is 0 Å². The standard InChI is InChI=1S/C29H39N3O6S/c1-3-4-8-21(2)20-38-29(35)26-16-13-24(19-31-26)28(34)32-39(36,37)25-14-11-22(12-15-25)17-18-30-27(33)23-9-6-5-7-10-23/h11-16,19,21,23H,3-10,17-18,20H2,1-2H3,(H,30,33)(H,32,34). The van der Waals surface area contributed by atoms with Gasteiger partial charge in [-0.3, -0.25) is 9.59 Å². The Morgan fingerprint density at radius 2 is 1.77 bits per heavy atom. The number of unbranched alkanes of at least 4 members (excludes halogenated alkanes) is 1. The first kappa shape index (κ1) is 30.3. The molecule has 1 aromatic heterocycles. The van der Waals surface area contributed by atoms with Crippen molar-refractivity contribution in [2.45, 2.75) is 76.5 Å². The number of carbonyl (C=O) groups is 3. The number of amides is 2. The molecule has 0 bridgehead atoms. The Labute approximate surface area is 231 Å². The lowest BCUT2D eigenvalue weighted by Gasteiger charge is -2.20. The van der Waals surface area contributed by atoms with Gasteiger partial charge < -0.3 is 10.1 Å². The van der Waals surface area contributed by atoms with Crippen molar-refractivity contribution in [3.8, 4) is 0 Å². The van der Waals surface area contributed by atoms with Gasteiger partial charge in [0.15, 0.2) is 0 Å². The van der Waals surface area contributed by atoms with Crippen molar-refractivity contribution in [1.29, 1.82) is 0 Å². The molecular weight excluding hydrogens is 518 g/mol. The molecule has 1 unspecified atom stereocenters. The lowest BCUT2D eigenvalue weighted by molar-refractivity contribution is -0.125. The fourth-order valence-electron chi connectivity index (χ4n) is 4.49. The van der Waals surface area contributed by atoms with Gasteiger partial charge in [0, 0.05) is 18.7 Å². The summed E-state index contributed by atoms with van der Waals surface area (Å²) in [6.07, 6.45) is 10.1. The van der Waals surface area contributed by atoms with Gasteiger partial charge in [-0.2, -0.15) is 0 Å². The topological polar surface area (TPSA) is 132 Å². The Balaban J connectivity index is 1.48. The molecule has 2 aromatic rings. The average Bonchev–Trinajstić information content (AvgIpc) is 2.95. The number of aromatic nitrogens is 1. The second-order valence-corrected chi connectivity index (χ2v) is 11.9. The number of ether oxygens (including phenoxy) is 1. The summed E-state index contributed by atoms with van der Waals surface area (Å²) >= 11 is 0. The molecule has 1 saturated carbocycles. The van der Waals surface area contributed by atoms with E-state index >= 15 is 0 Å². The molecule has 0 saturated heterocycles. The van der Waals surface area contributed by atoms with Crippen LogP contribution in [-0.2, 0) is 26.0 Å². The molecule has 3 rings (SSSR count). The molecule has 0 spiro atoms. The summed E-state index contributed by atoms with van der Waals surface area (Å²) in [6.45, 7) is 4.88. The number of nitrogens with zero attached hydrogens (tertiary/aromatic N) is 1. The normalized spacial score (nSPS) is 14.8. The molecule has 212 valence electrons. The monoisotopic (exact) mass is 557 g/mol. The van der Waals surface area contributed by atoms with Gasteiger partial charge in [0.05, 0.1) is 17.1 Å². The largest absolute Gasteiger partial charge is 0.461 e. The molecule has 1 aliphatic rings. The molecule has 0 aliphatic heterocycles. The molecule has 1 heterocycles. The fraction of sp³-hybridized carbons (Fsp3) is 0.517. The molecule has 1 aromatic carbocycles. The summed E-state index contributed by atoms with van der Waals surface area (Å²) in [7, 11) is -4.11. The molecule has 0 radical (unpaired) electrons. The first-order valence-electron chi connectivity index (χ1n) is 13.8. The van der Waals surface area contributed by atoms with E-state index in [-0.39, 0.29) is 40.5 Å². The van der Waals surface area contributed by atoms with Gasteiger partial charge in [-0.1, -0.05) is 58.1 Å². The first-order valence-corrected chi connectivity index (χ1v) is 15.2. The van der Waals surface area contributed by atoms with E-state index in [1.165, 1.54) is 30.7 Å². The summed E-state index contributed by atoms with van der Waals surface area (Å²) in [5, 5.41) is 2.97. The van der Waals surface area contributed by atoms with Crippen molar-refractivity contribution in [3.05, 3.63) is 59.4 Å². The molecule has 2 N–H and O–H groups in total. The minimum absolute atomic E-state index is 0.00299. The molecule has 9 nitrogen and oxygen atoms in total. The molecule has 10 heteroatoms. The Morgan fingerprint density at radius 3 is 2.41 bits per heavy atom. The Morgan fingerprint density at radius 1 is 1.05 bits per heavy atom. The van der Waals surface area contributed by atoms with Gasteiger partial charge in [0.1, 0.15) is 5.69 Å². The van der Waals surface area contributed by atoms with Crippen molar-refractivity contribution < 1.29 is 27.5 Å². The molecule has 1 atom stereocenters. The number of esters is 1. The van der Waals surface area contributed by atoms with Crippen LogP contribution < -0.4 is 10.0 Å². The van der Waals surface area contributed by atoms with Crippen LogP contribution in [0.15, 0.2) is 47.5 Å². The maximum absolute atomic E-state index is 12.7. The van der Waals surface area contributed by atoms with Crippen molar-refractivity contribution in [2.24, 2.45) is 11.8 Å². The van der Waals surface area contributed by atoms with Crippen LogP contribution in [-0.4, -0.2) is 44.3 Å². The Kier molecular flexibility index (Phi) is 11.5. The lowest BCUT2D eigenvalue weighted by atomic mass is 9.88. The van der Waals surface area contributed by atoms with Crippen molar-refractivity contribution in [2.75, 3.05) is 13.2 Å². The minimum atomic E-state index is -4.11. The van der Waals surface area contributed by atoms with Crippen molar-refractivity contribution in [1.82, 2.24) is 15.0 Å². The van der Waals surface area contributed by atoms with Crippen LogP contribution in [0.25, 0.3) is 0 Å². The first-order chi connectivity index (χ1) is 18.7. The number of pyridine rings is 1. The number of hydrogen-bond acceptors (Lipinski definition) is 7. The van der Waals surface area contributed by atoms with Gasteiger partial charge in [-0.25, -0.2) is 22.9 Å². The zero-order chi connectivity index (χ0) is 28.3. The number of benzene rings is 1. The van der Waals surface area contributed by atoms with Gasteiger partial charge in [0.25, 0.3) is 15.9 Å². The highest BCUT2D eigenvalue weighted by molar-refractivity contribution is 7.90. The van der Waals surface area contributed by atoms with E-state index in [0.717, 1.165) is 56.7 Å². The highest BCUT2D eigenvalue weighted by Crippen LogP contribution is 2.23. The second-order valence-electron chi connectivity index (χ2n) is 10.2. The molecule has 39 heavy (non-hydrogen) atoms. The van der Waals surface area contributed by atoms with E-state index in [0.29, 0.717) is 13.0 Å². The van der Waals surface area contributed by atoms with Crippen LogP contribution in [0.5, 0.6) is 0 Å². The highest BCUT2D eigenvalue weighted by Gasteiger charge is 2.21. The Bertz CT molecular complexity index is 1210. The maximum atomic E-state index is 12.7. The number of carbonyl (C=O) groups excluding carboxylic acids is 3. The summed E-state index contributed by atoms with van der Waals surface area (Å²) in [4.78, 5) is 40.9. The van der Waals surface area contributed by atoms with Crippen LogP contribution in [0.4, 0.5) is 0 Å². The second kappa shape index (κ2) is 14.8. The molecular formula is C29H39N3O6S. The fourth-order valence-corrected chi connectivity index (χ4v) is 5.47. The zero-order valence-electron chi connectivity index (χ0n) is 22.8. The van der Waals surface area contributed by atoms with Gasteiger partial charge in [0.2, 0.25) is 5.91 Å². The van der Waals surface area contributed by atoms with Crippen molar-refractivity contribution in [3.63, 3.8) is 0 Å². The predicted octanol–water partition coefficient (Wildman–Crippen LogP) is 4.42. The van der Waals surface area contributed by atoms with Crippen molar-refractivity contribution >= 4 is 27.8 Å². The maximum Gasteiger partial charge on any atom is 0.356 e. The van der Waals surface area contributed by atoms with Gasteiger partial charge in [-0.05, 0) is 61.4 Å². The van der Waals surface area contributed by atoms with Gasteiger partial charge >= 0.3 is 5.97 Å². The summed E-state index contributed by atoms with van der Waals surface area (Å²) in [6, 6.07) is 8.84. The van der Waals surface area contributed by atoms with E-state index < -0.39 is 21.9 Å². The third-order valence-corrected chi connectivity index (χ3v) is 8.28. The number of sulfonamides is 1. The number of rotatable bonds is 13. The number of hydrogen-bond donors (Lipinski definition) is 2. The quantitative estimate of drug-likeness (QED) is 0.349. The predicted molar refractivity (Wildman–Crippen MR) is 148 cm³/mol. The van der Waals surface area contributed by atoms with Crippen LogP contribution in [0.2, 0.25) is 0 Å². The van der Waals surface area contributed by atoms with E-state index in [1.54, 1.807) is 12.1 Å². The molecule has 1 aliphatic carbocycles. The highest BCUT2D eigenvalue weighted by atomic mass is 32.2. The van der Waals surface area contributed by atoms with E-state index in [1.807, 2.05) is 11.6 Å². The SMILES string of the molecule is CCCCC(C)COC(=O)c1ccc(C(=O)NS(=O)(=O)c2ccc(CCNC(=O)C3CCCCC3)cc2)cn1. The summed E-state index contributed by atoms with van der Waals surface area (Å²) < 4.78 is 32.8.